The van der Waals surface area contributed by atoms with E-state index in [0.717, 1.165) is 22.0 Å². The second kappa shape index (κ2) is 6.77. The third-order valence-electron chi connectivity index (χ3n) is 2.92. The van der Waals surface area contributed by atoms with Crippen LogP contribution in [0.3, 0.4) is 0 Å². The van der Waals surface area contributed by atoms with Gasteiger partial charge in [-0.15, -0.1) is 11.3 Å². The third kappa shape index (κ3) is 3.74. The van der Waals surface area contributed by atoms with Crippen molar-refractivity contribution in [3.63, 3.8) is 0 Å². The minimum Gasteiger partial charge on any atom is -0.228 e. The first-order valence-electron chi connectivity index (χ1n) is 6.68. The first-order chi connectivity index (χ1) is 10.4. The number of thiazole rings is 1. The molecule has 0 aliphatic rings. The Morgan fingerprint density at radius 1 is 0.905 bits per heavy atom. The Kier molecular flexibility index (Phi) is 4.34. The van der Waals surface area contributed by atoms with E-state index in [2.05, 4.69) is 34.2 Å². The molecule has 3 aromatic rings. The molecule has 0 bridgehead atoms. The number of hydrogen-bond donors (Lipinski definition) is 0. The average molecular weight is 290 g/mol. The van der Waals surface area contributed by atoms with Gasteiger partial charge in [0.05, 0.1) is 5.69 Å². The van der Waals surface area contributed by atoms with E-state index in [9.17, 15) is 0 Å². The lowest BCUT2D eigenvalue weighted by Crippen LogP contribution is -1.75. The number of allylic oxidation sites excluding steroid dienone is 1. The molecule has 0 saturated carbocycles. The maximum atomic E-state index is 4.51. The van der Waals surface area contributed by atoms with Crippen LogP contribution in [0.1, 0.15) is 5.56 Å². The lowest BCUT2D eigenvalue weighted by atomic mass is 10.2. The Morgan fingerprint density at radius 2 is 1.62 bits per heavy atom. The van der Waals surface area contributed by atoms with Crippen molar-refractivity contribution in [2.24, 2.45) is 4.99 Å². The summed E-state index contributed by atoms with van der Waals surface area (Å²) < 4.78 is 0. The molecule has 0 unspecified atom stereocenters. The van der Waals surface area contributed by atoms with Gasteiger partial charge in [-0.1, -0.05) is 66.7 Å². The third-order valence-corrected chi connectivity index (χ3v) is 3.67. The lowest BCUT2D eigenvalue weighted by molar-refractivity contribution is 1.36. The Bertz CT molecular complexity index is 743. The molecule has 0 saturated heterocycles. The van der Waals surface area contributed by atoms with Gasteiger partial charge in [-0.25, -0.2) is 9.98 Å². The van der Waals surface area contributed by atoms with Crippen molar-refractivity contribution < 1.29 is 0 Å². The summed E-state index contributed by atoms with van der Waals surface area (Å²) in [6, 6.07) is 20.3. The second-order valence-corrected chi connectivity index (χ2v) is 5.27. The van der Waals surface area contributed by atoms with Crippen LogP contribution in [0.25, 0.3) is 17.3 Å². The van der Waals surface area contributed by atoms with E-state index in [1.807, 2.05) is 53.9 Å². The predicted octanol–water partition coefficient (Wildman–Crippen LogP) is 5.23. The summed E-state index contributed by atoms with van der Waals surface area (Å²) in [5.74, 6) is 0. The minimum atomic E-state index is 0.770. The maximum absolute atomic E-state index is 4.51. The van der Waals surface area contributed by atoms with Crippen molar-refractivity contribution in [3.8, 4) is 11.3 Å². The number of hydrogen-bond acceptors (Lipinski definition) is 3. The van der Waals surface area contributed by atoms with Gasteiger partial charge in [0.25, 0.3) is 0 Å². The molecule has 0 spiro atoms. The zero-order valence-electron chi connectivity index (χ0n) is 11.4. The van der Waals surface area contributed by atoms with Gasteiger partial charge in [-0.3, -0.25) is 0 Å². The summed E-state index contributed by atoms with van der Waals surface area (Å²) >= 11 is 1.55. The molecule has 102 valence electrons. The summed E-state index contributed by atoms with van der Waals surface area (Å²) in [7, 11) is 0. The quantitative estimate of drug-likeness (QED) is 0.604. The molecule has 2 aromatic carbocycles. The fourth-order valence-electron chi connectivity index (χ4n) is 1.89. The molecule has 0 N–H and O–H groups in total. The van der Waals surface area contributed by atoms with E-state index >= 15 is 0 Å². The molecule has 3 rings (SSSR count). The van der Waals surface area contributed by atoms with Gasteiger partial charge in [-0.2, -0.15) is 0 Å². The Hall–Kier alpha value is -2.52. The van der Waals surface area contributed by atoms with Gasteiger partial charge in [0.1, 0.15) is 0 Å². The highest BCUT2D eigenvalue weighted by Crippen LogP contribution is 2.26. The topological polar surface area (TPSA) is 25.2 Å². The molecular formula is C18H14N2S. The number of benzene rings is 2. The monoisotopic (exact) mass is 290 g/mol. The molecule has 0 aliphatic carbocycles. The Morgan fingerprint density at radius 3 is 2.38 bits per heavy atom. The van der Waals surface area contributed by atoms with Gasteiger partial charge in [-0.05, 0) is 11.6 Å². The van der Waals surface area contributed by atoms with Crippen LogP contribution in [0.4, 0.5) is 5.13 Å². The highest BCUT2D eigenvalue weighted by Gasteiger charge is 2.01. The van der Waals surface area contributed by atoms with Crippen LogP contribution < -0.4 is 0 Å². The highest BCUT2D eigenvalue weighted by molar-refractivity contribution is 7.13. The first-order valence-corrected chi connectivity index (χ1v) is 7.56. The molecular weight excluding hydrogens is 276 g/mol. The van der Waals surface area contributed by atoms with Crippen LogP contribution in [0.5, 0.6) is 0 Å². The van der Waals surface area contributed by atoms with Crippen molar-refractivity contribution in [3.05, 3.63) is 77.7 Å². The number of nitrogens with zero attached hydrogens (tertiary/aromatic N) is 2. The molecule has 0 amide bonds. The van der Waals surface area contributed by atoms with Gasteiger partial charge in [0.15, 0.2) is 0 Å². The zero-order chi connectivity index (χ0) is 14.3. The van der Waals surface area contributed by atoms with E-state index in [-0.39, 0.29) is 0 Å². The largest absolute Gasteiger partial charge is 0.228 e. The second-order valence-electron chi connectivity index (χ2n) is 4.43. The van der Waals surface area contributed by atoms with Crippen molar-refractivity contribution >= 4 is 28.8 Å². The van der Waals surface area contributed by atoms with Gasteiger partial charge in [0, 0.05) is 17.2 Å². The van der Waals surface area contributed by atoms with Crippen LogP contribution in [0, 0.1) is 0 Å². The molecule has 0 aliphatic heterocycles. The molecule has 1 aromatic heterocycles. The molecule has 21 heavy (non-hydrogen) atoms. The van der Waals surface area contributed by atoms with Gasteiger partial charge >= 0.3 is 0 Å². The summed E-state index contributed by atoms with van der Waals surface area (Å²) in [4.78, 5) is 8.87. The standard InChI is InChI=1S/C18H14N2S/c1-3-8-15(9-4-1)10-7-13-19-18-20-17(14-21-18)16-11-5-2-6-12-16/h1-14H/b10-7+,19-13+. The number of aromatic nitrogens is 1. The summed E-state index contributed by atoms with van der Waals surface area (Å²) in [6.45, 7) is 0. The van der Waals surface area contributed by atoms with E-state index in [1.54, 1.807) is 17.6 Å². The van der Waals surface area contributed by atoms with Crippen molar-refractivity contribution in [2.75, 3.05) is 0 Å². The molecule has 0 atom stereocenters. The fraction of sp³-hybridized carbons (Fsp3) is 0. The fourth-order valence-corrected chi connectivity index (χ4v) is 2.57. The first kappa shape index (κ1) is 13.5. The van der Waals surface area contributed by atoms with E-state index in [4.69, 9.17) is 0 Å². The lowest BCUT2D eigenvalue weighted by Gasteiger charge is -1.92. The van der Waals surface area contributed by atoms with Crippen LogP contribution in [-0.4, -0.2) is 11.2 Å². The summed E-state index contributed by atoms with van der Waals surface area (Å²) in [6.07, 6.45) is 5.73. The normalized spacial score (nSPS) is 11.4. The van der Waals surface area contributed by atoms with Crippen LogP contribution in [0.2, 0.25) is 0 Å². The average Bonchev–Trinajstić information content (AvgIpc) is 3.02. The van der Waals surface area contributed by atoms with Crippen molar-refractivity contribution in [1.29, 1.82) is 0 Å². The molecule has 3 heteroatoms. The predicted molar refractivity (Wildman–Crippen MR) is 91.2 cm³/mol. The highest BCUT2D eigenvalue weighted by atomic mass is 32.1. The zero-order valence-corrected chi connectivity index (χ0v) is 12.2. The van der Waals surface area contributed by atoms with Crippen LogP contribution in [-0.2, 0) is 0 Å². The molecule has 2 nitrogen and oxygen atoms in total. The smallest absolute Gasteiger partial charge is 0.209 e. The Labute approximate surface area is 128 Å². The summed E-state index contributed by atoms with van der Waals surface area (Å²) in [5.41, 5.74) is 3.25. The van der Waals surface area contributed by atoms with Crippen LogP contribution >= 0.6 is 11.3 Å². The van der Waals surface area contributed by atoms with E-state index in [0.29, 0.717) is 0 Å². The molecule has 0 radical (unpaired) electrons. The maximum Gasteiger partial charge on any atom is 0.209 e. The number of rotatable bonds is 4. The van der Waals surface area contributed by atoms with E-state index < -0.39 is 0 Å². The van der Waals surface area contributed by atoms with Crippen molar-refractivity contribution in [1.82, 2.24) is 4.98 Å². The SMILES string of the molecule is C(=C\c1ccccc1)/C=N/c1nc(-c2ccccc2)cs1. The minimum absolute atomic E-state index is 0.770. The van der Waals surface area contributed by atoms with Gasteiger partial charge < -0.3 is 0 Å². The molecule has 0 fully saturated rings. The van der Waals surface area contributed by atoms with Gasteiger partial charge in [0.2, 0.25) is 5.13 Å². The number of aliphatic imine (C=N–C) groups is 1. The van der Waals surface area contributed by atoms with Crippen LogP contribution in [0.15, 0.2) is 77.1 Å². The summed E-state index contributed by atoms with van der Waals surface area (Å²) in [5, 5.41) is 2.80. The molecule has 1 heterocycles. The Balaban J connectivity index is 1.67. The van der Waals surface area contributed by atoms with Crippen molar-refractivity contribution in [2.45, 2.75) is 0 Å². The van der Waals surface area contributed by atoms with E-state index in [1.165, 1.54) is 0 Å².